The lowest BCUT2D eigenvalue weighted by Gasteiger charge is -2.07. The van der Waals surface area contributed by atoms with Crippen molar-refractivity contribution in [2.75, 3.05) is 5.32 Å². The van der Waals surface area contributed by atoms with Gasteiger partial charge in [0.05, 0.1) is 9.92 Å². The number of rotatable bonds is 3. The number of primary sulfonamides is 1. The number of nitrogens with one attached hydrogen (secondary N) is 1. The summed E-state index contributed by atoms with van der Waals surface area (Å²) in [5.74, 6) is -1.49. The standard InChI is InChI=1S/C12H9ClFN3O3S/c13-7-1-2-11(16-6-7)12(18)17-9-3-8(14)4-10(5-9)21(15,19)20/h1-6H,(H,17,18)(H2,15,19,20). The van der Waals surface area contributed by atoms with Crippen LogP contribution in [0, 0.1) is 5.82 Å². The summed E-state index contributed by atoms with van der Waals surface area (Å²) in [5.41, 5.74) is -0.0124. The number of halogens is 2. The first kappa shape index (κ1) is 15.4. The number of sulfonamides is 1. The molecule has 0 spiro atoms. The van der Waals surface area contributed by atoms with Crippen molar-refractivity contribution >= 4 is 33.2 Å². The molecular weight excluding hydrogens is 321 g/mol. The van der Waals surface area contributed by atoms with E-state index in [-0.39, 0.29) is 11.4 Å². The molecule has 0 bridgehead atoms. The number of carbonyl (C=O) groups is 1. The van der Waals surface area contributed by atoms with Crippen LogP contribution in [0.3, 0.4) is 0 Å². The second-order valence-electron chi connectivity index (χ2n) is 4.04. The molecule has 0 aliphatic carbocycles. The van der Waals surface area contributed by atoms with Gasteiger partial charge in [0, 0.05) is 11.9 Å². The number of benzene rings is 1. The van der Waals surface area contributed by atoms with Crippen molar-refractivity contribution in [1.82, 2.24) is 4.98 Å². The van der Waals surface area contributed by atoms with Gasteiger partial charge in [-0.05, 0) is 30.3 Å². The summed E-state index contributed by atoms with van der Waals surface area (Å²) in [6, 6.07) is 5.60. The Morgan fingerprint density at radius 3 is 2.57 bits per heavy atom. The minimum Gasteiger partial charge on any atom is -0.321 e. The normalized spacial score (nSPS) is 11.2. The minimum absolute atomic E-state index is 0.0424. The summed E-state index contributed by atoms with van der Waals surface area (Å²) >= 11 is 5.64. The highest BCUT2D eigenvalue weighted by Gasteiger charge is 2.13. The quantitative estimate of drug-likeness (QED) is 0.895. The van der Waals surface area contributed by atoms with Crippen molar-refractivity contribution in [2.24, 2.45) is 5.14 Å². The Morgan fingerprint density at radius 2 is 2.00 bits per heavy atom. The molecule has 0 saturated heterocycles. The van der Waals surface area contributed by atoms with Crippen molar-refractivity contribution in [3.8, 4) is 0 Å². The van der Waals surface area contributed by atoms with Crippen molar-refractivity contribution in [2.45, 2.75) is 4.90 Å². The fraction of sp³-hybridized carbons (Fsp3) is 0. The molecule has 0 saturated carbocycles. The van der Waals surface area contributed by atoms with Gasteiger partial charge in [-0.3, -0.25) is 4.79 Å². The van der Waals surface area contributed by atoms with E-state index in [1.807, 2.05) is 0 Å². The molecule has 0 radical (unpaired) electrons. The Kier molecular flexibility index (Phi) is 4.21. The third kappa shape index (κ3) is 3.97. The van der Waals surface area contributed by atoms with Gasteiger partial charge in [0.1, 0.15) is 11.5 Å². The number of amides is 1. The SMILES string of the molecule is NS(=O)(=O)c1cc(F)cc(NC(=O)c2ccc(Cl)cn2)c1. The lowest BCUT2D eigenvalue weighted by Crippen LogP contribution is -2.16. The minimum atomic E-state index is -4.08. The van der Waals surface area contributed by atoms with Crippen LogP contribution in [0.5, 0.6) is 0 Å². The molecule has 110 valence electrons. The second-order valence-corrected chi connectivity index (χ2v) is 6.03. The number of carbonyl (C=O) groups excluding carboxylic acids is 1. The Bertz CT molecular complexity index is 794. The molecule has 0 atom stereocenters. The first-order valence-corrected chi connectivity index (χ1v) is 7.44. The van der Waals surface area contributed by atoms with Gasteiger partial charge in [0.25, 0.3) is 5.91 Å². The average Bonchev–Trinajstić information content (AvgIpc) is 2.37. The van der Waals surface area contributed by atoms with Crippen molar-refractivity contribution in [3.63, 3.8) is 0 Å². The van der Waals surface area contributed by atoms with Gasteiger partial charge in [-0.15, -0.1) is 0 Å². The van der Waals surface area contributed by atoms with Crippen LogP contribution in [0.4, 0.5) is 10.1 Å². The molecule has 1 aromatic heterocycles. The van der Waals surface area contributed by atoms with E-state index in [0.717, 1.165) is 18.2 Å². The summed E-state index contributed by atoms with van der Waals surface area (Å²) in [7, 11) is -4.08. The Morgan fingerprint density at radius 1 is 1.29 bits per heavy atom. The fourth-order valence-electron chi connectivity index (χ4n) is 1.50. The molecule has 0 aliphatic rings. The zero-order valence-electron chi connectivity index (χ0n) is 10.4. The molecular formula is C12H9ClFN3O3S. The van der Waals surface area contributed by atoms with E-state index in [4.69, 9.17) is 16.7 Å². The maximum Gasteiger partial charge on any atom is 0.274 e. The van der Waals surface area contributed by atoms with Crippen LogP contribution in [-0.4, -0.2) is 19.3 Å². The molecule has 2 aromatic rings. The summed E-state index contributed by atoms with van der Waals surface area (Å²) in [5, 5.41) is 7.60. The summed E-state index contributed by atoms with van der Waals surface area (Å²) in [6.07, 6.45) is 1.28. The van der Waals surface area contributed by atoms with Crippen molar-refractivity contribution in [3.05, 3.63) is 53.1 Å². The molecule has 6 nitrogen and oxygen atoms in total. The van der Waals surface area contributed by atoms with Gasteiger partial charge in [0.15, 0.2) is 0 Å². The maximum atomic E-state index is 13.4. The maximum absolute atomic E-state index is 13.4. The average molecular weight is 330 g/mol. The van der Waals surface area contributed by atoms with Crippen LogP contribution in [0.2, 0.25) is 5.02 Å². The molecule has 1 amide bonds. The zero-order valence-corrected chi connectivity index (χ0v) is 12.0. The first-order valence-electron chi connectivity index (χ1n) is 5.52. The van der Waals surface area contributed by atoms with E-state index in [9.17, 15) is 17.6 Å². The molecule has 3 N–H and O–H groups in total. The second kappa shape index (κ2) is 5.76. The van der Waals surface area contributed by atoms with E-state index in [0.29, 0.717) is 5.02 Å². The molecule has 9 heteroatoms. The smallest absolute Gasteiger partial charge is 0.274 e. The summed E-state index contributed by atoms with van der Waals surface area (Å²) < 4.78 is 35.8. The van der Waals surface area contributed by atoms with Crippen LogP contribution < -0.4 is 10.5 Å². The largest absolute Gasteiger partial charge is 0.321 e. The summed E-state index contributed by atoms with van der Waals surface area (Å²) in [6.45, 7) is 0. The number of nitrogens with zero attached hydrogens (tertiary/aromatic N) is 1. The lowest BCUT2D eigenvalue weighted by molar-refractivity contribution is 0.102. The highest BCUT2D eigenvalue weighted by molar-refractivity contribution is 7.89. The van der Waals surface area contributed by atoms with Crippen molar-refractivity contribution < 1.29 is 17.6 Å². The predicted molar refractivity (Wildman–Crippen MR) is 75.0 cm³/mol. The molecule has 21 heavy (non-hydrogen) atoms. The Hall–Kier alpha value is -2.03. The lowest BCUT2D eigenvalue weighted by atomic mass is 10.3. The van der Waals surface area contributed by atoms with Gasteiger partial charge in [-0.25, -0.2) is 22.9 Å². The third-order valence-electron chi connectivity index (χ3n) is 2.42. The molecule has 0 fully saturated rings. The van der Waals surface area contributed by atoms with Crippen LogP contribution >= 0.6 is 11.6 Å². The Balaban J connectivity index is 2.29. The monoisotopic (exact) mass is 329 g/mol. The van der Waals surface area contributed by atoms with Crippen molar-refractivity contribution in [1.29, 1.82) is 0 Å². The number of hydrogen-bond acceptors (Lipinski definition) is 4. The molecule has 1 aromatic carbocycles. The predicted octanol–water partition coefficient (Wildman–Crippen LogP) is 1.77. The van der Waals surface area contributed by atoms with Gasteiger partial charge in [0.2, 0.25) is 10.0 Å². The molecule has 0 unspecified atom stereocenters. The molecule has 1 heterocycles. The number of hydrogen-bond donors (Lipinski definition) is 2. The number of anilines is 1. The topological polar surface area (TPSA) is 102 Å². The zero-order chi connectivity index (χ0) is 15.6. The van der Waals surface area contributed by atoms with E-state index >= 15 is 0 Å². The van der Waals surface area contributed by atoms with Gasteiger partial charge < -0.3 is 5.32 Å². The fourth-order valence-corrected chi connectivity index (χ4v) is 2.18. The Labute approximate surface area is 124 Å². The molecule has 2 rings (SSSR count). The van der Waals surface area contributed by atoms with Gasteiger partial charge >= 0.3 is 0 Å². The summed E-state index contributed by atoms with van der Waals surface area (Å²) in [4.78, 5) is 15.2. The van der Waals surface area contributed by atoms with E-state index in [1.165, 1.54) is 18.3 Å². The third-order valence-corrected chi connectivity index (χ3v) is 3.53. The van der Waals surface area contributed by atoms with Gasteiger partial charge in [-0.1, -0.05) is 11.6 Å². The van der Waals surface area contributed by atoms with Crippen LogP contribution in [0.15, 0.2) is 41.4 Å². The van der Waals surface area contributed by atoms with E-state index < -0.39 is 26.6 Å². The van der Waals surface area contributed by atoms with Gasteiger partial charge in [-0.2, -0.15) is 0 Å². The van der Waals surface area contributed by atoms with E-state index in [2.05, 4.69) is 10.3 Å². The van der Waals surface area contributed by atoms with E-state index in [1.54, 1.807) is 0 Å². The van der Waals surface area contributed by atoms with Crippen LogP contribution in [0.25, 0.3) is 0 Å². The highest BCUT2D eigenvalue weighted by atomic mass is 35.5. The number of aromatic nitrogens is 1. The first-order chi connectivity index (χ1) is 9.75. The molecule has 0 aliphatic heterocycles. The van der Waals surface area contributed by atoms with Crippen LogP contribution in [-0.2, 0) is 10.0 Å². The van der Waals surface area contributed by atoms with Crippen LogP contribution in [0.1, 0.15) is 10.5 Å². The number of pyridine rings is 1. The number of nitrogens with two attached hydrogens (primary N) is 1. The highest BCUT2D eigenvalue weighted by Crippen LogP contribution is 2.18.